The fourth-order valence-corrected chi connectivity index (χ4v) is 19.7. The van der Waals surface area contributed by atoms with Crippen LogP contribution >= 0.6 is 24.0 Å². The van der Waals surface area contributed by atoms with Crippen LogP contribution in [0.2, 0.25) is 5.15 Å². The van der Waals surface area contributed by atoms with Gasteiger partial charge in [0.05, 0.1) is 23.6 Å². The van der Waals surface area contributed by atoms with Gasteiger partial charge < -0.3 is 70.9 Å². The Labute approximate surface area is 708 Å². The maximum Gasteiger partial charge on any atom is 0.408 e. The van der Waals surface area contributed by atoms with Gasteiger partial charge in [0.2, 0.25) is 67.3 Å². The van der Waals surface area contributed by atoms with E-state index in [4.69, 9.17) is 35.5 Å². The Bertz CT molecular complexity index is 4770. The van der Waals surface area contributed by atoms with Crippen LogP contribution in [0.5, 0.6) is 11.8 Å². The standard InChI is InChI=1S/C41H53FN8O8S.C36H45ClFN7O8S.C5H9N.ClH/c1-5-25-19-41(25,37(53)48-59(55,56)30-14-15-30)47-35(51)31-17-29(22-50(31)36(52)34(40(2,3)4)46-39(54)58-28-8-6-7-9-28)57-33-18-32(49-20-23-16-24(23)21-49)44-38(45-33)43-27-12-10-26(42)11-13-27;1-5-20-18-36(20,32(48)44-54(50,51)25-14-15-25)43-30(46)26-16-24(52-28-17-27(37)40-33(41-28)39-22-12-10-21(38)11-13-22)19-45(26)31(47)29(35(2,3)4)42-34(49)53-23-8-6-7-9-23;1-4-2-6-3-5(1)4;/h5,10-13,18,23-25,28-31,34H,1,6-9,14-17,19-22H2,2-4H3,(H,46,54)(H,47,51)(H,48,53)(H,43,44,45);5,10-13,17,20,23-26,29H,1,6-9,14-16,18-19H2,2-4H3,(H,42,49)(H,43,46)(H,44,48)(H,39,40,41);4-6H,1-3H2;1H/t23?,24?,25-,29-,31+,34-,41-;20-,24-,26+,29-,36-;;/m11../s1. The Morgan fingerprint density at radius 2 is 0.933 bits per heavy atom. The Balaban J connectivity index is 0.000000192. The fourth-order valence-electron chi connectivity index (χ4n) is 16.8. The van der Waals surface area contributed by atoms with Gasteiger partial charge in [-0.15, -0.1) is 25.6 Å². The first-order valence-electron chi connectivity index (χ1n) is 41.3. The van der Waals surface area contributed by atoms with Gasteiger partial charge in [0.15, 0.2) is 0 Å². The largest absolute Gasteiger partial charge is 0.472 e. The fraction of sp³-hybridized carbons (Fsp3) is 0.610. The van der Waals surface area contributed by atoms with Crippen molar-refractivity contribution in [3.63, 3.8) is 0 Å². The lowest BCUT2D eigenvalue weighted by molar-refractivity contribution is -0.143. The van der Waals surface area contributed by atoms with Gasteiger partial charge in [0.25, 0.3) is 11.8 Å². The number of hydrogen-bond donors (Lipinski definition) is 9. The van der Waals surface area contributed by atoms with E-state index in [1.165, 1.54) is 90.3 Å². The highest BCUT2D eigenvalue weighted by atomic mass is 35.5. The SMILES string of the molecule is C1NCC2CC12.C=C[C@@H]1C[C@]1(NC(=O)[C@@H]1C[C@@H](Oc2cc(Cl)nc(Nc3ccc(F)cc3)n2)CN1C(=O)[C@@H](NC(=O)OC1CCCC1)C(C)(C)C)C(=O)NS(=O)(=O)C1CC1.C=C[C@@H]1C[C@]1(NC(=O)[C@@H]1C[C@@H](Oc2cc(N3CC4CC4C3)nc(Nc3ccc(F)cc3)n2)CN1C(=O)[C@@H](NC(=O)OC1CCCC1)C(C)(C)C)C(=O)NS(=O)(=O)C1CC1.Cl. The van der Waals surface area contributed by atoms with Gasteiger partial charge in [-0.1, -0.05) is 65.3 Å². The predicted octanol–water partition coefficient (Wildman–Crippen LogP) is 8.68. The van der Waals surface area contributed by atoms with Crippen molar-refractivity contribution in [2.75, 3.05) is 54.8 Å². The summed E-state index contributed by atoms with van der Waals surface area (Å²) < 4.78 is 106. The lowest BCUT2D eigenvalue weighted by Gasteiger charge is -2.35. The molecule has 2 aromatic heterocycles. The zero-order valence-corrected chi connectivity index (χ0v) is 71.3. The molecule has 652 valence electrons. The van der Waals surface area contributed by atoms with Crippen molar-refractivity contribution in [3.05, 3.63) is 103 Å². The minimum absolute atomic E-state index is 0. The molecule has 2 aromatic carbocycles. The predicted molar refractivity (Wildman–Crippen MR) is 442 cm³/mol. The van der Waals surface area contributed by atoms with Crippen LogP contribution < -0.4 is 61.0 Å². The molecule has 120 heavy (non-hydrogen) atoms. The van der Waals surface area contributed by atoms with Crippen LogP contribution in [-0.2, 0) is 58.3 Å². The third-order valence-electron chi connectivity index (χ3n) is 24.4. The summed E-state index contributed by atoms with van der Waals surface area (Å²) in [5, 5.41) is 19.1. The molecular weight excluding hydrogens is 1640 g/mol. The first kappa shape index (κ1) is 88.5. The Morgan fingerprint density at radius 3 is 1.29 bits per heavy atom. The van der Waals surface area contributed by atoms with E-state index in [2.05, 4.69) is 79.7 Å². The van der Waals surface area contributed by atoms with Crippen molar-refractivity contribution < 1.29 is 82.9 Å². The normalized spacial score (nSPS) is 27.4. The zero-order chi connectivity index (χ0) is 84.8. The topological polar surface area (TPSA) is 411 Å². The van der Waals surface area contributed by atoms with Crippen molar-refractivity contribution in [2.24, 2.45) is 46.3 Å². The third-order valence-corrected chi connectivity index (χ3v) is 28.2. The number of alkyl carbamates (subject to hydrolysis) is 2. The first-order chi connectivity index (χ1) is 56.4. The molecule has 9 N–H and O–H groups in total. The average Bonchev–Trinajstić information content (AvgIpc) is 1.58. The van der Waals surface area contributed by atoms with Crippen LogP contribution in [0.3, 0.4) is 0 Å². The van der Waals surface area contributed by atoms with E-state index in [9.17, 15) is 64.0 Å². The Morgan fingerprint density at radius 1 is 0.542 bits per heavy atom. The van der Waals surface area contributed by atoms with Crippen LogP contribution in [-0.4, -0.2) is 204 Å². The van der Waals surface area contributed by atoms with Crippen molar-refractivity contribution in [1.29, 1.82) is 0 Å². The van der Waals surface area contributed by atoms with Crippen LogP contribution in [0.25, 0.3) is 0 Å². The highest BCUT2D eigenvalue weighted by molar-refractivity contribution is 7.91. The highest BCUT2D eigenvalue weighted by Crippen LogP contribution is 2.49. The molecule has 32 nitrogen and oxygen atoms in total. The number of fused-ring (bicyclic) bond motifs is 2. The average molecular weight is 1750 g/mol. The zero-order valence-electron chi connectivity index (χ0n) is 68.1. The number of carbonyl (C=O) groups is 8. The summed E-state index contributed by atoms with van der Waals surface area (Å²) >= 11 is 6.29. The summed E-state index contributed by atoms with van der Waals surface area (Å²) in [6.07, 6.45) is 10.7. The van der Waals surface area contributed by atoms with E-state index < -0.39 is 160 Å². The quantitative estimate of drug-likeness (QED) is 0.0199. The van der Waals surface area contributed by atoms with Gasteiger partial charge in [-0.05, 0) is 199 Å². The number of carbonyl (C=O) groups excluding carboxylic acids is 8. The molecule has 8 saturated carbocycles. The number of sulfonamides is 2. The van der Waals surface area contributed by atoms with Crippen molar-refractivity contribution in [1.82, 2.24) is 65.8 Å². The molecule has 38 heteroatoms. The molecule has 16 rings (SSSR count). The molecule has 14 atom stereocenters. The van der Waals surface area contributed by atoms with E-state index in [0.29, 0.717) is 54.7 Å². The van der Waals surface area contributed by atoms with Crippen LogP contribution in [0.15, 0.2) is 86.0 Å². The molecule has 4 unspecified atom stereocenters. The summed E-state index contributed by atoms with van der Waals surface area (Å²) in [6.45, 7) is 22.3. The van der Waals surface area contributed by atoms with Gasteiger partial charge in [-0.25, -0.2) is 40.2 Å². The monoisotopic (exact) mass is 1740 g/mol. The summed E-state index contributed by atoms with van der Waals surface area (Å²) in [7, 11) is -7.85. The van der Waals surface area contributed by atoms with E-state index in [1.807, 2.05) is 0 Å². The molecule has 12 aliphatic rings. The molecule has 4 aliphatic heterocycles. The van der Waals surface area contributed by atoms with Crippen molar-refractivity contribution >= 4 is 121 Å². The highest BCUT2D eigenvalue weighted by Gasteiger charge is 2.64. The number of halogens is 4. The van der Waals surface area contributed by atoms with Gasteiger partial charge >= 0.3 is 12.2 Å². The van der Waals surface area contributed by atoms with Crippen LogP contribution in [0.1, 0.15) is 157 Å². The maximum atomic E-state index is 14.7. The molecule has 8 aliphatic carbocycles. The third kappa shape index (κ3) is 21.4. The number of rotatable bonds is 27. The maximum absolute atomic E-state index is 14.7. The molecule has 8 amide bonds. The molecule has 4 aromatic rings. The van der Waals surface area contributed by atoms with Gasteiger partial charge in [0, 0.05) is 61.3 Å². The van der Waals surface area contributed by atoms with E-state index in [0.717, 1.165) is 76.3 Å². The summed E-state index contributed by atoms with van der Waals surface area (Å²) in [4.78, 5) is 134. The summed E-state index contributed by atoms with van der Waals surface area (Å²) in [5.41, 5.74) is -3.81. The van der Waals surface area contributed by atoms with E-state index in [-0.39, 0.29) is 92.2 Å². The molecule has 6 heterocycles. The number of ether oxygens (including phenoxy) is 4. The summed E-state index contributed by atoms with van der Waals surface area (Å²) in [5.74, 6) is -1.75. The second-order valence-corrected chi connectivity index (χ2v) is 40.2. The number of benzene rings is 2. The number of hydrogen-bond acceptors (Lipinski definition) is 24. The number of nitrogens with one attached hydrogen (secondary N) is 9. The summed E-state index contributed by atoms with van der Waals surface area (Å²) in [6, 6.07) is 9.66. The van der Waals surface area contributed by atoms with Gasteiger partial charge in [-0.2, -0.15) is 15.0 Å². The number of aromatic nitrogens is 4. The second kappa shape index (κ2) is 35.7. The number of anilines is 5. The van der Waals surface area contributed by atoms with E-state index in [1.54, 1.807) is 59.7 Å². The smallest absolute Gasteiger partial charge is 0.408 e. The van der Waals surface area contributed by atoms with Crippen molar-refractivity contribution in [3.8, 4) is 11.8 Å². The number of likely N-dealkylation sites (tertiary alicyclic amines) is 2. The van der Waals surface area contributed by atoms with Gasteiger partial charge in [0.1, 0.15) is 82.3 Å². The lowest BCUT2D eigenvalue weighted by atomic mass is 9.85. The van der Waals surface area contributed by atoms with Crippen LogP contribution in [0.4, 0.5) is 47.5 Å². The number of amides is 8. The van der Waals surface area contributed by atoms with Gasteiger partial charge in [-0.3, -0.25) is 38.2 Å². The second-order valence-electron chi connectivity index (χ2n) is 35.9. The first-order valence-corrected chi connectivity index (χ1v) is 44.8. The molecule has 0 bridgehead atoms. The van der Waals surface area contributed by atoms with Crippen molar-refractivity contribution in [2.45, 2.75) is 227 Å². The Hall–Kier alpha value is -9.26. The molecule has 4 saturated heterocycles. The Kier molecular flexibility index (Phi) is 26.3. The molecule has 0 spiro atoms. The van der Waals surface area contributed by atoms with E-state index >= 15 is 0 Å². The minimum Gasteiger partial charge on any atom is -0.472 e. The van der Waals surface area contributed by atoms with Crippen LogP contribution in [0, 0.1) is 58.0 Å². The lowest BCUT2D eigenvalue weighted by Crippen LogP contribution is -2.60. The number of piperidine rings is 2. The molecular formula is C82H108Cl2F2N16O16S2. The molecule has 12 fully saturated rings. The minimum atomic E-state index is -3.93. The molecule has 0 radical (unpaired) electrons. The number of nitrogens with zero attached hydrogens (tertiary/aromatic N) is 7.